The number of nitrogens with one attached hydrogen (secondary N) is 2. The van der Waals surface area contributed by atoms with Gasteiger partial charge in [0.25, 0.3) is 0 Å². The second-order valence-electron chi connectivity index (χ2n) is 5.12. The molecule has 0 aliphatic heterocycles. The summed E-state index contributed by atoms with van der Waals surface area (Å²) >= 11 is 0. The maximum Gasteiger partial charge on any atom is 0.313 e. The summed E-state index contributed by atoms with van der Waals surface area (Å²) < 4.78 is 4.81. The zero-order valence-electron chi connectivity index (χ0n) is 12.6. The van der Waals surface area contributed by atoms with Gasteiger partial charge in [0.1, 0.15) is 5.60 Å². The van der Waals surface area contributed by atoms with Crippen molar-refractivity contribution in [1.82, 2.24) is 5.32 Å². The van der Waals surface area contributed by atoms with Crippen molar-refractivity contribution in [1.29, 1.82) is 0 Å². The number of aliphatic hydroxyl groups is 1. The number of hydrogen-bond acceptors (Lipinski definition) is 4. The zero-order chi connectivity index (χ0) is 15.9. The molecule has 0 heterocycles. The lowest BCUT2D eigenvalue weighted by molar-refractivity contribution is -0.137. The lowest BCUT2D eigenvalue weighted by Crippen LogP contribution is -2.46. The van der Waals surface area contributed by atoms with Gasteiger partial charge in [-0.3, -0.25) is 9.59 Å². The van der Waals surface area contributed by atoms with E-state index in [-0.39, 0.29) is 13.2 Å². The van der Waals surface area contributed by atoms with Crippen LogP contribution in [0, 0.1) is 0 Å². The Morgan fingerprint density at radius 1 is 1.24 bits per heavy atom. The van der Waals surface area contributed by atoms with E-state index in [1.807, 2.05) is 19.1 Å². The Kier molecular flexibility index (Phi) is 6.33. The van der Waals surface area contributed by atoms with Crippen LogP contribution < -0.4 is 10.6 Å². The van der Waals surface area contributed by atoms with Gasteiger partial charge in [-0.2, -0.15) is 0 Å². The van der Waals surface area contributed by atoms with E-state index < -0.39 is 17.4 Å². The minimum atomic E-state index is -1.21. The standard InChI is InChI=1S/C15H22N2O4/c1-4-11-5-7-12(8-6-11)17-14(19)13(18)16-9-15(2,20)10-21-3/h5-8,20H,4,9-10H2,1-3H3,(H,16,18)(H,17,19). The van der Waals surface area contributed by atoms with Gasteiger partial charge >= 0.3 is 11.8 Å². The number of ether oxygens (including phenoxy) is 1. The average molecular weight is 294 g/mol. The van der Waals surface area contributed by atoms with Crippen LogP contribution in [-0.4, -0.2) is 42.8 Å². The molecule has 0 saturated heterocycles. The van der Waals surface area contributed by atoms with Crippen molar-refractivity contribution in [3.05, 3.63) is 29.8 Å². The lowest BCUT2D eigenvalue weighted by Gasteiger charge is -2.22. The van der Waals surface area contributed by atoms with Crippen LogP contribution in [0.1, 0.15) is 19.4 Å². The molecule has 1 rings (SSSR count). The number of carbonyl (C=O) groups excluding carboxylic acids is 2. The van der Waals surface area contributed by atoms with Crippen molar-refractivity contribution in [2.45, 2.75) is 25.9 Å². The highest BCUT2D eigenvalue weighted by atomic mass is 16.5. The quantitative estimate of drug-likeness (QED) is 0.674. The van der Waals surface area contributed by atoms with Gasteiger partial charge < -0.3 is 20.5 Å². The van der Waals surface area contributed by atoms with Crippen LogP contribution in [0.2, 0.25) is 0 Å². The molecule has 2 amide bonds. The summed E-state index contributed by atoms with van der Waals surface area (Å²) in [6.45, 7) is 3.54. The van der Waals surface area contributed by atoms with Crippen molar-refractivity contribution in [2.24, 2.45) is 0 Å². The van der Waals surface area contributed by atoms with Crippen molar-refractivity contribution >= 4 is 17.5 Å². The first-order valence-electron chi connectivity index (χ1n) is 6.77. The largest absolute Gasteiger partial charge is 0.386 e. The molecular weight excluding hydrogens is 272 g/mol. The number of hydrogen-bond donors (Lipinski definition) is 3. The number of amides is 2. The van der Waals surface area contributed by atoms with Gasteiger partial charge in [-0.15, -0.1) is 0 Å². The van der Waals surface area contributed by atoms with E-state index in [2.05, 4.69) is 10.6 Å². The summed E-state index contributed by atoms with van der Waals surface area (Å²) in [6.07, 6.45) is 0.906. The summed E-state index contributed by atoms with van der Waals surface area (Å²) in [5.41, 5.74) is 0.483. The topological polar surface area (TPSA) is 87.7 Å². The number of rotatable bonds is 6. The fraction of sp³-hybridized carbons (Fsp3) is 0.467. The molecule has 6 nitrogen and oxygen atoms in total. The van der Waals surface area contributed by atoms with Gasteiger partial charge in [-0.1, -0.05) is 19.1 Å². The molecule has 0 aliphatic carbocycles. The molecule has 0 saturated carbocycles. The molecule has 0 bridgehead atoms. The molecule has 0 aromatic heterocycles. The van der Waals surface area contributed by atoms with E-state index in [1.54, 1.807) is 12.1 Å². The molecule has 0 spiro atoms. The van der Waals surface area contributed by atoms with Gasteiger partial charge in [0.2, 0.25) is 0 Å². The number of carbonyl (C=O) groups is 2. The van der Waals surface area contributed by atoms with Crippen LogP contribution in [0.25, 0.3) is 0 Å². The smallest absolute Gasteiger partial charge is 0.313 e. The Balaban J connectivity index is 2.49. The number of anilines is 1. The Bertz CT molecular complexity index is 483. The van der Waals surface area contributed by atoms with E-state index in [0.29, 0.717) is 5.69 Å². The number of aryl methyl sites for hydroxylation is 1. The monoisotopic (exact) mass is 294 g/mol. The van der Waals surface area contributed by atoms with Crippen LogP contribution in [0.3, 0.4) is 0 Å². The van der Waals surface area contributed by atoms with Crippen molar-refractivity contribution in [2.75, 3.05) is 25.6 Å². The fourth-order valence-electron chi connectivity index (χ4n) is 1.72. The first-order chi connectivity index (χ1) is 9.88. The van der Waals surface area contributed by atoms with Crippen LogP contribution in [0.4, 0.5) is 5.69 Å². The molecule has 3 N–H and O–H groups in total. The summed E-state index contributed by atoms with van der Waals surface area (Å²) in [4.78, 5) is 23.4. The Hall–Kier alpha value is -1.92. The second kappa shape index (κ2) is 7.75. The first kappa shape index (κ1) is 17.1. The van der Waals surface area contributed by atoms with Crippen molar-refractivity contribution < 1.29 is 19.4 Å². The summed E-state index contributed by atoms with van der Waals surface area (Å²) in [7, 11) is 1.45. The minimum Gasteiger partial charge on any atom is -0.386 e. The van der Waals surface area contributed by atoms with Gasteiger partial charge in [0.05, 0.1) is 6.61 Å². The normalized spacial score (nSPS) is 13.3. The highest BCUT2D eigenvalue weighted by Crippen LogP contribution is 2.09. The van der Waals surface area contributed by atoms with E-state index in [0.717, 1.165) is 12.0 Å². The summed E-state index contributed by atoms with van der Waals surface area (Å²) in [5, 5.41) is 14.7. The molecule has 116 valence electrons. The Morgan fingerprint density at radius 3 is 2.38 bits per heavy atom. The maximum atomic E-state index is 11.7. The first-order valence-corrected chi connectivity index (χ1v) is 6.77. The molecule has 0 radical (unpaired) electrons. The summed E-state index contributed by atoms with van der Waals surface area (Å²) in [5.74, 6) is -1.57. The molecule has 1 aromatic carbocycles. The zero-order valence-corrected chi connectivity index (χ0v) is 12.6. The minimum absolute atomic E-state index is 0.0629. The van der Waals surface area contributed by atoms with Gasteiger partial charge in [0.15, 0.2) is 0 Å². The maximum absolute atomic E-state index is 11.7. The Labute approximate surface area is 124 Å². The third-order valence-electron chi connectivity index (χ3n) is 2.91. The number of benzene rings is 1. The van der Waals surface area contributed by atoms with Gasteiger partial charge in [-0.25, -0.2) is 0 Å². The van der Waals surface area contributed by atoms with E-state index in [1.165, 1.54) is 14.0 Å². The molecule has 0 aliphatic rings. The molecule has 1 unspecified atom stereocenters. The second-order valence-corrected chi connectivity index (χ2v) is 5.12. The van der Waals surface area contributed by atoms with Crippen LogP contribution >= 0.6 is 0 Å². The molecule has 1 atom stereocenters. The highest BCUT2D eigenvalue weighted by Gasteiger charge is 2.23. The van der Waals surface area contributed by atoms with E-state index >= 15 is 0 Å². The van der Waals surface area contributed by atoms with Gasteiger partial charge in [0, 0.05) is 19.3 Å². The average Bonchev–Trinajstić information content (AvgIpc) is 2.45. The molecule has 21 heavy (non-hydrogen) atoms. The van der Waals surface area contributed by atoms with Crippen LogP contribution in [0.5, 0.6) is 0 Å². The lowest BCUT2D eigenvalue weighted by atomic mass is 10.1. The van der Waals surface area contributed by atoms with Crippen LogP contribution in [0.15, 0.2) is 24.3 Å². The third kappa shape index (κ3) is 5.93. The predicted octanol–water partition coefficient (Wildman–Crippen LogP) is 0.701. The molecule has 1 aromatic rings. The number of methoxy groups -OCH3 is 1. The SMILES string of the molecule is CCc1ccc(NC(=O)C(=O)NCC(C)(O)COC)cc1. The van der Waals surface area contributed by atoms with Gasteiger partial charge in [-0.05, 0) is 31.0 Å². The van der Waals surface area contributed by atoms with Crippen molar-refractivity contribution in [3.63, 3.8) is 0 Å². The molecule has 0 fully saturated rings. The molecule has 6 heteroatoms. The highest BCUT2D eigenvalue weighted by molar-refractivity contribution is 6.39. The fourth-order valence-corrected chi connectivity index (χ4v) is 1.72. The molecular formula is C15H22N2O4. The van der Waals surface area contributed by atoms with Crippen LogP contribution in [-0.2, 0) is 20.7 Å². The van der Waals surface area contributed by atoms with Crippen molar-refractivity contribution in [3.8, 4) is 0 Å². The Morgan fingerprint density at radius 2 is 1.86 bits per heavy atom. The third-order valence-corrected chi connectivity index (χ3v) is 2.91. The van der Waals surface area contributed by atoms with E-state index in [9.17, 15) is 14.7 Å². The predicted molar refractivity (Wildman–Crippen MR) is 80.0 cm³/mol. The van der Waals surface area contributed by atoms with E-state index in [4.69, 9.17) is 4.74 Å². The summed E-state index contributed by atoms with van der Waals surface area (Å²) in [6, 6.07) is 7.25.